The van der Waals surface area contributed by atoms with Crippen LogP contribution in [0.5, 0.6) is 0 Å². The maximum Gasteiger partial charge on any atom is 0.138 e. The van der Waals surface area contributed by atoms with E-state index in [1.165, 1.54) is 19.3 Å². The van der Waals surface area contributed by atoms with Gasteiger partial charge in [-0.15, -0.1) is 0 Å². The van der Waals surface area contributed by atoms with E-state index in [-0.39, 0.29) is 6.10 Å². The quantitative estimate of drug-likeness (QED) is 0.890. The zero-order valence-corrected chi connectivity index (χ0v) is 12.4. The minimum Gasteiger partial charge on any atom is -0.393 e. The average Bonchev–Trinajstić information content (AvgIpc) is 2.82. The molecular formula is C15H27N3O. The molecule has 2 rings (SSSR count). The molecule has 1 aromatic rings. The molecule has 0 spiro atoms. The van der Waals surface area contributed by atoms with Gasteiger partial charge in [-0.25, -0.2) is 9.67 Å². The Kier molecular flexibility index (Phi) is 4.97. The summed E-state index contributed by atoms with van der Waals surface area (Å²) < 4.78 is 1.98. The molecule has 1 aliphatic rings. The van der Waals surface area contributed by atoms with Crippen molar-refractivity contribution in [2.45, 2.75) is 71.4 Å². The number of hydrogen-bond acceptors (Lipinski definition) is 3. The molecule has 0 aliphatic heterocycles. The third-order valence-corrected chi connectivity index (χ3v) is 4.33. The Balaban J connectivity index is 2.01. The molecule has 0 saturated heterocycles. The predicted molar refractivity (Wildman–Crippen MR) is 75.9 cm³/mol. The van der Waals surface area contributed by atoms with Gasteiger partial charge in [0.25, 0.3) is 0 Å². The van der Waals surface area contributed by atoms with Gasteiger partial charge in [-0.2, -0.15) is 5.10 Å². The molecule has 0 radical (unpaired) electrons. The highest BCUT2D eigenvalue weighted by molar-refractivity contribution is 4.93. The number of aromatic nitrogens is 3. The Hall–Kier alpha value is -0.900. The first-order valence-corrected chi connectivity index (χ1v) is 7.68. The van der Waals surface area contributed by atoms with Crippen LogP contribution in [0.2, 0.25) is 0 Å². The summed E-state index contributed by atoms with van der Waals surface area (Å²) in [7, 11) is 0. The Labute approximate surface area is 116 Å². The van der Waals surface area contributed by atoms with Gasteiger partial charge in [0.1, 0.15) is 12.2 Å². The molecule has 1 aliphatic carbocycles. The molecule has 1 saturated carbocycles. The smallest absolute Gasteiger partial charge is 0.138 e. The normalized spacial score (nSPS) is 27.9. The van der Waals surface area contributed by atoms with Crippen molar-refractivity contribution in [1.82, 2.24) is 14.8 Å². The van der Waals surface area contributed by atoms with E-state index in [0.29, 0.717) is 12.0 Å². The Bertz CT molecular complexity index is 388. The molecule has 0 amide bonds. The van der Waals surface area contributed by atoms with Crippen molar-refractivity contribution < 1.29 is 5.11 Å². The van der Waals surface area contributed by atoms with E-state index < -0.39 is 0 Å². The molecule has 1 aromatic heterocycles. The van der Waals surface area contributed by atoms with Gasteiger partial charge in [-0.05, 0) is 44.9 Å². The first kappa shape index (κ1) is 14.5. The van der Waals surface area contributed by atoms with Crippen LogP contribution < -0.4 is 0 Å². The van der Waals surface area contributed by atoms with E-state index in [0.717, 1.165) is 31.0 Å². The van der Waals surface area contributed by atoms with Crippen LogP contribution in [0.25, 0.3) is 0 Å². The van der Waals surface area contributed by atoms with Crippen LogP contribution in [0.3, 0.4) is 0 Å². The molecule has 19 heavy (non-hydrogen) atoms. The van der Waals surface area contributed by atoms with E-state index in [1.54, 1.807) is 6.33 Å². The van der Waals surface area contributed by atoms with Crippen molar-refractivity contribution in [3.05, 3.63) is 12.2 Å². The van der Waals surface area contributed by atoms with Crippen molar-refractivity contribution >= 4 is 0 Å². The molecule has 4 heteroatoms. The van der Waals surface area contributed by atoms with Crippen molar-refractivity contribution in [2.24, 2.45) is 11.8 Å². The summed E-state index contributed by atoms with van der Waals surface area (Å²) >= 11 is 0. The lowest BCUT2D eigenvalue weighted by Crippen LogP contribution is -2.31. The fraction of sp³-hybridized carbons (Fsp3) is 0.867. The Morgan fingerprint density at radius 3 is 2.89 bits per heavy atom. The standard InChI is InChI=1S/C15H27N3O/c1-4-5-12-6-7-14(19)13(8-12)9-15-16-10-17-18(15)11(2)3/h10-14,19H,4-9H2,1-3H3. The van der Waals surface area contributed by atoms with Gasteiger partial charge in [0.2, 0.25) is 0 Å². The zero-order chi connectivity index (χ0) is 13.8. The van der Waals surface area contributed by atoms with Gasteiger partial charge in [0.05, 0.1) is 6.10 Å². The lowest BCUT2D eigenvalue weighted by molar-refractivity contribution is 0.0446. The van der Waals surface area contributed by atoms with Crippen molar-refractivity contribution in [1.29, 1.82) is 0 Å². The highest BCUT2D eigenvalue weighted by Crippen LogP contribution is 2.34. The minimum absolute atomic E-state index is 0.162. The molecule has 108 valence electrons. The molecule has 1 heterocycles. The second-order valence-electron chi connectivity index (χ2n) is 6.21. The summed E-state index contributed by atoms with van der Waals surface area (Å²) in [6, 6.07) is 0.338. The fourth-order valence-electron chi connectivity index (χ4n) is 3.32. The summed E-state index contributed by atoms with van der Waals surface area (Å²) in [5.74, 6) is 2.16. The molecule has 0 bridgehead atoms. The molecular weight excluding hydrogens is 238 g/mol. The van der Waals surface area contributed by atoms with E-state index >= 15 is 0 Å². The lowest BCUT2D eigenvalue weighted by atomic mass is 9.76. The number of aliphatic hydroxyl groups is 1. The second kappa shape index (κ2) is 6.51. The van der Waals surface area contributed by atoms with Crippen molar-refractivity contribution in [3.8, 4) is 0 Å². The number of nitrogens with zero attached hydrogens (tertiary/aromatic N) is 3. The summed E-state index contributed by atoms with van der Waals surface area (Å²) in [6.45, 7) is 6.49. The van der Waals surface area contributed by atoms with Crippen LogP contribution in [-0.2, 0) is 6.42 Å². The molecule has 3 atom stereocenters. The van der Waals surface area contributed by atoms with Gasteiger partial charge >= 0.3 is 0 Å². The maximum absolute atomic E-state index is 10.2. The van der Waals surface area contributed by atoms with Gasteiger partial charge < -0.3 is 5.11 Å². The van der Waals surface area contributed by atoms with Crippen LogP contribution >= 0.6 is 0 Å². The van der Waals surface area contributed by atoms with Gasteiger partial charge in [-0.3, -0.25) is 0 Å². The third-order valence-electron chi connectivity index (χ3n) is 4.33. The van der Waals surface area contributed by atoms with Crippen LogP contribution in [0, 0.1) is 11.8 Å². The van der Waals surface area contributed by atoms with E-state index in [1.807, 2.05) is 4.68 Å². The monoisotopic (exact) mass is 265 g/mol. The number of hydrogen-bond donors (Lipinski definition) is 1. The van der Waals surface area contributed by atoms with Crippen molar-refractivity contribution in [2.75, 3.05) is 0 Å². The highest BCUT2D eigenvalue weighted by atomic mass is 16.3. The van der Waals surface area contributed by atoms with Crippen LogP contribution in [0.15, 0.2) is 6.33 Å². The predicted octanol–water partition coefficient (Wildman–Crippen LogP) is 2.98. The first-order chi connectivity index (χ1) is 9.11. The first-order valence-electron chi connectivity index (χ1n) is 7.68. The van der Waals surface area contributed by atoms with Crippen LogP contribution in [-0.4, -0.2) is 26.0 Å². The van der Waals surface area contributed by atoms with Crippen molar-refractivity contribution in [3.63, 3.8) is 0 Å². The third kappa shape index (κ3) is 3.56. The highest BCUT2D eigenvalue weighted by Gasteiger charge is 2.30. The van der Waals surface area contributed by atoms with Gasteiger partial charge in [0, 0.05) is 12.5 Å². The second-order valence-corrected chi connectivity index (χ2v) is 6.21. The summed E-state index contributed by atoms with van der Waals surface area (Å²) in [5.41, 5.74) is 0. The van der Waals surface area contributed by atoms with Crippen LogP contribution in [0.1, 0.15) is 64.7 Å². The molecule has 4 nitrogen and oxygen atoms in total. The zero-order valence-electron chi connectivity index (χ0n) is 12.4. The molecule has 1 N–H and O–H groups in total. The fourth-order valence-corrected chi connectivity index (χ4v) is 3.32. The van der Waals surface area contributed by atoms with Gasteiger partial charge in [-0.1, -0.05) is 19.8 Å². The molecule has 0 aromatic carbocycles. The topological polar surface area (TPSA) is 50.9 Å². The largest absolute Gasteiger partial charge is 0.393 e. The van der Waals surface area contributed by atoms with Gasteiger partial charge in [0.15, 0.2) is 0 Å². The summed E-state index contributed by atoms with van der Waals surface area (Å²) in [6.07, 6.45) is 8.14. The summed E-state index contributed by atoms with van der Waals surface area (Å²) in [5, 5.41) is 14.5. The van der Waals surface area contributed by atoms with E-state index in [9.17, 15) is 5.11 Å². The maximum atomic E-state index is 10.2. The average molecular weight is 265 g/mol. The minimum atomic E-state index is -0.162. The van der Waals surface area contributed by atoms with E-state index in [4.69, 9.17) is 0 Å². The SMILES string of the molecule is CCCC1CCC(O)C(Cc2ncnn2C(C)C)C1. The summed E-state index contributed by atoms with van der Waals surface area (Å²) in [4.78, 5) is 4.38. The Morgan fingerprint density at radius 2 is 2.21 bits per heavy atom. The number of aliphatic hydroxyl groups excluding tert-OH is 1. The van der Waals surface area contributed by atoms with Crippen LogP contribution in [0.4, 0.5) is 0 Å². The Morgan fingerprint density at radius 1 is 1.42 bits per heavy atom. The van der Waals surface area contributed by atoms with E-state index in [2.05, 4.69) is 30.9 Å². The lowest BCUT2D eigenvalue weighted by Gasteiger charge is -2.33. The molecule has 1 fully saturated rings. The molecule has 3 unspecified atom stereocenters. The number of rotatable bonds is 5.